The lowest BCUT2D eigenvalue weighted by Gasteiger charge is -2.39. The summed E-state index contributed by atoms with van der Waals surface area (Å²) in [5.74, 6) is 0.342. The van der Waals surface area contributed by atoms with Crippen molar-refractivity contribution in [1.29, 1.82) is 0 Å². The molecular formula is C13H17NO7. The van der Waals surface area contributed by atoms with Gasteiger partial charge in [0, 0.05) is 0 Å². The van der Waals surface area contributed by atoms with E-state index in [9.17, 15) is 20.2 Å². The van der Waals surface area contributed by atoms with Crippen LogP contribution in [0.15, 0.2) is 29.4 Å². The fourth-order valence-corrected chi connectivity index (χ4v) is 2.05. The zero-order valence-corrected chi connectivity index (χ0v) is 11.1. The second-order valence-electron chi connectivity index (χ2n) is 4.75. The molecule has 0 bridgehead atoms. The normalized spacial score (nSPS) is 32.7. The van der Waals surface area contributed by atoms with Crippen LogP contribution in [-0.2, 0) is 11.3 Å². The van der Waals surface area contributed by atoms with E-state index in [1.807, 2.05) is 0 Å². The van der Waals surface area contributed by atoms with Crippen molar-refractivity contribution in [2.75, 3.05) is 6.61 Å². The molecule has 0 amide bonds. The van der Waals surface area contributed by atoms with Crippen LogP contribution in [-0.4, -0.2) is 57.7 Å². The van der Waals surface area contributed by atoms with Crippen molar-refractivity contribution in [2.45, 2.75) is 37.3 Å². The third-order valence-corrected chi connectivity index (χ3v) is 3.27. The van der Waals surface area contributed by atoms with Gasteiger partial charge in [-0.25, -0.2) is 0 Å². The van der Waals surface area contributed by atoms with Crippen molar-refractivity contribution < 1.29 is 29.9 Å². The number of hydrogen-bond donors (Lipinski definition) is 4. The van der Waals surface area contributed by atoms with Gasteiger partial charge in [-0.05, 0) is 17.7 Å². The van der Waals surface area contributed by atoms with Gasteiger partial charge in [0.2, 0.25) is 6.29 Å². The molecule has 1 aliphatic rings. The minimum absolute atomic E-state index is 0.0420. The zero-order chi connectivity index (χ0) is 15.4. The Balaban J connectivity index is 2.05. The highest BCUT2D eigenvalue weighted by Gasteiger charge is 2.44. The van der Waals surface area contributed by atoms with Gasteiger partial charge < -0.3 is 29.9 Å². The maximum atomic E-state index is 10.1. The van der Waals surface area contributed by atoms with Crippen LogP contribution in [0, 0.1) is 4.91 Å². The molecule has 2 rings (SSSR count). The third-order valence-electron chi connectivity index (χ3n) is 3.27. The molecule has 0 aliphatic carbocycles. The standard InChI is InChI=1S/C13H17NO7/c15-6-9-10(16)11(17)12(18)13(21-9)20-8-3-1-7(2-4-8)5-14-19/h1-4,9-13,15-18H,5-6H2/t9-,10-,11-,12-,13-/m1/s1. The van der Waals surface area contributed by atoms with E-state index in [1.54, 1.807) is 24.3 Å². The molecule has 0 unspecified atom stereocenters. The van der Waals surface area contributed by atoms with Crippen LogP contribution in [0.25, 0.3) is 0 Å². The van der Waals surface area contributed by atoms with E-state index >= 15 is 0 Å². The molecule has 0 saturated carbocycles. The molecular weight excluding hydrogens is 282 g/mol. The van der Waals surface area contributed by atoms with E-state index in [2.05, 4.69) is 5.18 Å². The molecule has 8 nitrogen and oxygen atoms in total. The maximum absolute atomic E-state index is 10.1. The molecule has 1 fully saturated rings. The van der Waals surface area contributed by atoms with Crippen molar-refractivity contribution in [3.8, 4) is 5.75 Å². The molecule has 0 radical (unpaired) electrons. The molecule has 1 aliphatic heterocycles. The molecule has 1 saturated heterocycles. The predicted octanol–water partition coefficient (Wildman–Crippen LogP) is -0.868. The van der Waals surface area contributed by atoms with Crippen LogP contribution in [0.3, 0.4) is 0 Å². The Morgan fingerprint density at radius 1 is 1.10 bits per heavy atom. The Hall–Kier alpha value is -1.58. The van der Waals surface area contributed by atoms with E-state index < -0.39 is 37.3 Å². The molecule has 1 heterocycles. The third kappa shape index (κ3) is 3.55. The Labute approximate surface area is 120 Å². The van der Waals surface area contributed by atoms with Crippen LogP contribution in [0.2, 0.25) is 0 Å². The number of rotatable bonds is 5. The highest BCUT2D eigenvalue weighted by molar-refractivity contribution is 5.27. The van der Waals surface area contributed by atoms with Gasteiger partial charge in [-0.2, -0.15) is 4.91 Å². The smallest absolute Gasteiger partial charge is 0.229 e. The number of aliphatic hydroxyl groups excluding tert-OH is 4. The number of benzene rings is 1. The average molecular weight is 299 g/mol. The first kappa shape index (κ1) is 15.8. The summed E-state index contributed by atoms with van der Waals surface area (Å²) in [5, 5.41) is 40.9. The Kier molecular flexibility index (Phi) is 5.21. The van der Waals surface area contributed by atoms with Crippen molar-refractivity contribution >= 4 is 0 Å². The lowest BCUT2D eigenvalue weighted by atomic mass is 9.99. The zero-order valence-electron chi connectivity index (χ0n) is 11.1. The Bertz CT molecular complexity index is 464. The largest absolute Gasteiger partial charge is 0.462 e. The first-order valence-corrected chi connectivity index (χ1v) is 6.42. The Morgan fingerprint density at radius 2 is 1.76 bits per heavy atom. The second kappa shape index (κ2) is 6.92. The van der Waals surface area contributed by atoms with Gasteiger partial charge in [-0.3, -0.25) is 0 Å². The topological polar surface area (TPSA) is 129 Å². The minimum Gasteiger partial charge on any atom is -0.462 e. The monoisotopic (exact) mass is 299 g/mol. The highest BCUT2D eigenvalue weighted by atomic mass is 16.7. The van der Waals surface area contributed by atoms with Crippen molar-refractivity contribution in [3.63, 3.8) is 0 Å². The summed E-state index contributed by atoms with van der Waals surface area (Å²) in [6, 6.07) is 6.37. The lowest BCUT2D eigenvalue weighted by molar-refractivity contribution is -0.277. The van der Waals surface area contributed by atoms with E-state index in [-0.39, 0.29) is 6.54 Å². The summed E-state index contributed by atoms with van der Waals surface area (Å²) in [6.45, 7) is -0.477. The van der Waals surface area contributed by atoms with Gasteiger partial charge in [0.25, 0.3) is 0 Å². The van der Waals surface area contributed by atoms with E-state index in [4.69, 9.17) is 14.6 Å². The summed E-state index contributed by atoms with van der Waals surface area (Å²) < 4.78 is 10.6. The fourth-order valence-electron chi connectivity index (χ4n) is 2.05. The van der Waals surface area contributed by atoms with Gasteiger partial charge in [-0.15, -0.1) is 0 Å². The van der Waals surface area contributed by atoms with Gasteiger partial charge in [-0.1, -0.05) is 17.3 Å². The first-order chi connectivity index (χ1) is 10.1. The number of nitroso groups, excluding NO2 is 1. The molecule has 0 spiro atoms. The molecule has 4 N–H and O–H groups in total. The van der Waals surface area contributed by atoms with Gasteiger partial charge in [0.15, 0.2) is 0 Å². The summed E-state index contributed by atoms with van der Waals surface area (Å²) in [7, 11) is 0. The second-order valence-corrected chi connectivity index (χ2v) is 4.75. The van der Waals surface area contributed by atoms with Crippen LogP contribution in [0.4, 0.5) is 0 Å². The van der Waals surface area contributed by atoms with Crippen molar-refractivity contribution in [1.82, 2.24) is 0 Å². The van der Waals surface area contributed by atoms with Crippen LogP contribution in [0.1, 0.15) is 5.56 Å². The molecule has 0 aromatic heterocycles. The summed E-state index contributed by atoms with van der Waals surface area (Å²) in [4.78, 5) is 10.1. The predicted molar refractivity (Wildman–Crippen MR) is 70.3 cm³/mol. The average Bonchev–Trinajstić information content (AvgIpc) is 2.50. The molecule has 116 valence electrons. The highest BCUT2D eigenvalue weighted by Crippen LogP contribution is 2.24. The maximum Gasteiger partial charge on any atom is 0.229 e. The van der Waals surface area contributed by atoms with Crippen LogP contribution < -0.4 is 4.74 Å². The van der Waals surface area contributed by atoms with Crippen molar-refractivity contribution in [3.05, 3.63) is 34.7 Å². The fraction of sp³-hybridized carbons (Fsp3) is 0.538. The van der Waals surface area contributed by atoms with E-state index in [0.717, 1.165) is 0 Å². The molecule has 21 heavy (non-hydrogen) atoms. The van der Waals surface area contributed by atoms with Crippen molar-refractivity contribution in [2.24, 2.45) is 5.18 Å². The van der Waals surface area contributed by atoms with E-state index in [0.29, 0.717) is 11.3 Å². The number of nitrogens with zero attached hydrogens (tertiary/aromatic N) is 1. The summed E-state index contributed by atoms with van der Waals surface area (Å²) in [6.07, 6.45) is -6.62. The number of ether oxygens (including phenoxy) is 2. The SMILES string of the molecule is O=NCc1ccc(O[C@@H]2O[C@H](CO)[C@@H](O)[C@@H](O)[C@H]2O)cc1. The summed E-state index contributed by atoms with van der Waals surface area (Å²) in [5.41, 5.74) is 0.700. The summed E-state index contributed by atoms with van der Waals surface area (Å²) >= 11 is 0. The van der Waals surface area contributed by atoms with Crippen LogP contribution in [0.5, 0.6) is 5.75 Å². The van der Waals surface area contributed by atoms with Gasteiger partial charge in [0.1, 0.15) is 36.7 Å². The number of aliphatic hydroxyl groups is 4. The molecule has 8 heteroatoms. The molecule has 1 aromatic rings. The minimum atomic E-state index is -1.49. The first-order valence-electron chi connectivity index (χ1n) is 6.42. The molecule has 1 aromatic carbocycles. The quantitative estimate of drug-likeness (QED) is 0.520. The van der Waals surface area contributed by atoms with Crippen LogP contribution >= 0.6 is 0 Å². The molecule has 5 atom stereocenters. The number of hydrogen-bond acceptors (Lipinski definition) is 8. The van der Waals surface area contributed by atoms with E-state index in [1.165, 1.54) is 0 Å². The lowest BCUT2D eigenvalue weighted by Crippen LogP contribution is -2.60. The van der Waals surface area contributed by atoms with Gasteiger partial charge >= 0.3 is 0 Å². The van der Waals surface area contributed by atoms with Gasteiger partial charge in [0.05, 0.1) is 6.61 Å². The Morgan fingerprint density at radius 3 is 2.33 bits per heavy atom.